The van der Waals surface area contributed by atoms with E-state index in [1.165, 1.54) is 0 Å². The minimum absolute atomic E-state index is 0.0495. The lowest BCUT2D eigenvalue weighted by Crippen LogP contribution is -2.40. The molecule has 0 fully saturated rings. The van der Waals surface area contributed by atoms with E-state index >= 15 is 0 Å². The monoisotopic (exact) mass is 312 g/mol. The van der Waals surface area contributed by atoms with Crippen molar-refractivity contribution in [3.63, 3.8) is 0 Å². The Morgan fingerprint density at radius 2 is 1.86 bits per heavy atom. The molecule has 5 nitrogen and oxygen atoms in total. The molecule has 2 N–H and O–H groups in total. The molecule has 0 saturated carbocycles. The Balaban J connectivity index is 2.61. The minimum atomic E-state index is -3.31. The average Bonchev–Trinajstić information content (AvgIpc) is 2.43. The van der Waals surface area contributed by atoms with Crippen molar-refractivity contribution in [2.45, 2.75) is 19.8 Å². The van der Waals surface area contributed by atoms with Crippen molar-refractivity contribution in [3.05, 3.63) is 35.9 Å². The molecular weight excluding hydrogens is 288 g/mol. The second-order valence-electron chi connectivity index (χ2n) is 5.00. The quantitative estimate of drug-likeness (QED) is 0.733. The van der Waals surface area contributed by atoms with Crippen LogP contribution in [0, 0.1) is 0 Å². The van der Waals surface area contributed by atoms with Crippen LogP contribution in [-0.4, -0.2) is 50.4 Å². The Bertz CT molecular complexity index is 529. The minimum Gasteiger partial charge on any atom is -0.340 e. The number of carbonyl (C=O) groups is 1. The van der Waals surface area contributed by atoms with Crippen LogP contribution < -0.4 is 5.73 Å². The molecule has 1 rings (SSSR count). The summed E-state index contributed by atoms with van der Waals surface area (Å²) in [5.41, 5.74) is 6.63. The molecule has 6 heteroatoms. The van der Waals surface area contributed by atoms with Crippen LogP contribution in [0.15, 0.2) is 30.3 Å². The molecule has 1 aromatic carbocycles. The molecule has 0 atom stereocenters. The average molecular weight is 312 g/mol. The first kappa shape index (κ1) is 17.7. The molecule has 0 aliphatic carbocycles. The van der Waals surface area contributed by atoms with Crippen LogP contribution in [0.25, 0.3) is 0 Å². The standard InChI is InChI=1S/C15H24N2O3S/c1-2-12-21(19,20)13-15(18)17(11-9-16)10-8-14-6-4-3-5-7-14/h3-7H,2,8-13,16H2,1H3. The van der Waals surface area contributed by atoms with Gasteiger partial charge in [0.15, 0.2) is 9.84 Å². The highest BCUT2D eigenvalue weighted by Crippen LogP contribution is 2.03. The number of sulfone groups is 1. The summed E-state index contributed by atoms with van der Waals surface area (Å²) < 4.78 is 23.5. The zero-order valence-corrected chi connectivity index (χ0v) is 13.3. The molecule has 0 aromatic heterocycles. The first-order chi connectivity index (χ1) is 9.98. The summed E-state index contributed by atoms with van der Waals surface area (Å²) in [7, 11) is -3.31. The summed E-state index contributed by atoms with van der Waals surface area (Å²) in [6, 6.07) is 9.79. The van der Waals surface area contributed by atoms with Crippen molar-refractivity contribution in [3.8, 4) is 0 Å². The van der Waals surface area contributed by atoms with Crippen LogP contribution in [0.5, 0.6) is 0 Å². The summed E-state index contributed by atoms with van der Waals surface area (Å²) >= 11 is 0. The third-order valence-electron chi connectivity index (χ3n) is 3.12. The van der Waals surface area contributed by atoms with Gasteiger partial charge in [-0.2, -0.15) is 0 Å². The number of amides is 1. The number of rotatable bonds is 9. The topological polar surface area (TPSA) is 80.5 Å². The van der Waals surface area contributed by atoms with Gasteiger partial charge in [0.2, 0.25) is 5.91 Å². The number of nitrogens with zero attached hydrogens (tertiary/aromatic N) is 1. The predicted octanol–water partition coefficient (Wildman–Crippen LogP) is 0.841. The van der Waals surface area contributed by atoms with Crippen molar-refractivity contribution < 1.29 is 13.2 Å². The summed E-state index contributed by atoms with van der Waals surface area (Å²) in [5.74, 6) is -0.728. The highest BCUT2D eigenvalue weighted by Gasteiger charge is 2.20. The molecule has 0 aliphatic heterocycles. The lowest BCUT2D eigenvalue weighted by atomic mass is 10.1. The van der Waals surface area contributed by atoms with Crippen LogP contribution in [0.3, 0.4) is 0 Å². The fourth-order valence-corrected chi connectivity index (χ4v) is 3.41. The third kappa shape index (κ3) is 6.73. The summed E-state index contributed by atoms with van der Waals surface area (Å²) in [6.45, 7) is 2.98. The Morgan fingerprint density at radius 3 is 2.43 bits per heavy atom. The number of benzene rings is 1. The molecule has 0 aliphatic rings. The first-order valence-corrected chi connectivity index (χ1v) is 9.03. The molecule has 0 heterocycles. The van der Waals surface area contributed by atoms with Gasteiger partial charge in [0.05, 0.1) is 5.75 Å². The maximum Gasteiger partial charge on any atom is 0.237 e. The van der Waals surface area contributed by atoms with Gasteiger partial charge in [-0.3, -0.25) is 4.79 Å². The first-order valence-electron chi connectivity index (χ1n) is 7.20. The lowest BCUT2D eigenvalue weighted by Gasteiger charge is -2.22. The van der Waals surface area contributed by atoms with Crippen LogP contribution in [0.2, 0.25) is 0 Å². The molecule has 1 aromatic rings. The van der Waals surface area contributed by atoms with E-state index in [0.717, 1.165) is 5.56 Å². The van der Waals surface area contributed by atoms with Gasteiger partial charge in [0.1, 0.15) is 5.75 Å². The van der Waals surface area contributed by atoms with Gasteiger partial charge >= 0.3 is 0 Å². The van der Waals surface area contributed by atoms with E-state index in [1.54, 1.807) is 11.8 Å². The van der Waals surface area contributed by atoms with Gasteiger partial charge < -0.3 is 10.6 Å². The zero-order valence-electron chi connectivity index (χ0n) is 12.5. The van der Waals surface area contributed by atoms with E-state index in [9.17, 15) is 13.2 Å². The Kier molecular flexibility index (Phi) is 7.39. The van der Waals surface area contributed by atoms with E-state index in [-0.39, 0.29) is 11.7 Å². The smallest absolute Gasteiger partial charge is 0.237 e. The Hall–Kier alpha value is -1.40. The number of hydrogen-bond acceptors (Lipinski definition) is 4. The van der Waals surface area contributed by atoms with Gasteiger partial charge in [-0.25, -0.2) is 8.42 Å². The second-order valence-corrected chi connectivity index (χ2v) is 7.18. The van der Waals surface area contributed by atoms with Crippen molar-refractivity contribution in [2.75, 3.05) is 31.1 Å². The van der Waals surface area contributed by atoms with Gasteiger partial charge in [-0.05, 0) is 18.4 Å². The molecule has 0 radical (unpaired) electrons. The third-order valence-corrected chi connectivity index (χ3v) is 4.84. The summed E-state index contributed by atoms with van der Waals surface area (Å²) in [6.07, 6.45) is 1.22. The van der Waals surface area contributed by atoms with E-state index < -0.39 is 15.6 Å². The fourth-order valence-electron chi connectivity index (χ4n) is 2.09. The molecule has 0 saturated heterocycles. The highest BCUT2D eigenvalue weighted by molar-refractivity contribution is 7.92. The van der Waals surface area contributed by atoms with Crippen molar-refractivity contribution >= 4 is 15.7 Å². The van der Waals surface area contributed by atoms with Crippen LogP contribution in [0.1, 0.15) is 18.9 Å². The van der Waals surface area contributed by atoms with E-state index in [0.29, 0.717) is 32.5 Å². The van der Waals surface area contributed by atoms with Gasteiger partial charge in [0.25, 0.3) is 0 Å². The molecule has 21 heavy (non-hydrogen) atoms. The Morgan fingerprint density at radius 1 is 1.19 bits per heavy atom. The fraction of sp³-hybridized carbons (Fsp3) is 0.533. The van der Waals surface area contributed by atoms with Crippen LogP contribution in [0.4, 0.5) is 0 Å². The molecule has 1 amide bonds. The molecule has 0 unspecified atom stereocenters. The highest BCUT2D eigenvalue weighted by atomic mass is 32.2. The zero-order chi connectivity index (χ0) is 15.7. The van der Waals surface area contributed by atoms with E-state index in [2.05, 4.69) is 0 Å². The van der Waals surface area contributed by atoms with Crippen LogP contribution in [-0.2, 0) is 21.1 Å². The van der Waals surface area contributed by atoms with Gasteiger partial charge in [-0.15, -0.1) is 0 Å². The van der Waals surface area contributed by atoms with Crippen molar-refractivity contribution in [2.24, 2.45) is 5.73 Å². The largest absolute Gasteiger partial charge is 0.340 e. The molecular formula is C15H24N2O3S. The molecule has 0 bridgehead atoms. The van der Waals surface area contributed by atoms with Crippen LogP contribution >= 0.6 is 0 Å². The van der Waals surface area contributed by atoms with Crippen molar-refractivity contribution in [1.82, 2.24) is 4.90 Å². The maximum absolute atomic E-state index is 12.1. The SMILES string of the molecule is CCCS(=O)(=O)CC(=O)N(CCN)CCc1ccccc1. The maximum atomic E-state index is 12.1. The number of carbonyl (C=O) groups excluding carboxylic acids is 1. The number of hydrogen-bond donors (Lipinski definition) is 1. The predicted molar refractivity (Wildman–Crippen MR) is 84.7 cm³/mol. The lowest BCUT2D eigenvalue weighted by molar-refractivity contribution is -0.128. The second kappa shape index (κ2) is 8.79. The van der Waals surface area contributed by atoms with Crippen molar-refractivity contribution in [1.29, 1.82) is 0 Å². The summed E-state index contributed by atoms with van der Waals surface area (Å²) in [4.78, 5) is 13.7. The summed E-state index contributed by atoms with van der Waals surface area (Å²) in [5, 5.41) is 0. The molecule has 0 spiro atoms. The Labute approximate surface area is 127 Å². The van der Waals surface area contributed by atoms with E-state index in [1.807, 2.05) is 30.3 Å². The number of nitrogens with two attached hydrogens (primary N) is 1. The molecule has 118 valence electrons. The van der Waals surface area contributed by atoms with Gasteiger partial charge in [0, 0.05) is 19.6 Å². The van der Waals surface area contributed by atoms with E-state index in [4.69, 9.17) is 5.73 Å². The van der Waals surface area contributed by atoms with Gasteiger partial charge in [-0.1, -0.05) is 37.3 Å². The normalized spacial score (nSPS) is 11.3.